The molecule has 0 spiro atoms. The zero-order valence-corrected chi connectivity index (χ0v) is 9.79. The van der Waals surface area contributed by atoms with Crippen LogP contribution in [-0.2, 0) is 4.74 Å². The van der Waals surface area contributed by atoms with Crippen LogP contribution in [0.1, 0.15) is 30.9 Å². The average molecular weight is 223 g/mol. The number of benzene rings is 1. The first-order chi connectivity index (χ1) is 7.72. The van der Waals surface area contributed by atoms with Crippen molar-refractivity contribution in [1.82, 2.24) is 5.32 Å². The largest absolute Gasteiger partial charge is 0.376 e. The molecule has 0 saturated heterocycles. The third-order valence-electron chi connectivity index (χ3n) is 3.62. The van der Waals surface area contributed by atoms with Crippen LogP contribution in [0.4, 0.5) is 4.39 Å². The van der Waals surface area contributed by atoms with Crippen LogP contribution in [0.5, 0.6) is 0 Å². The molecular weight excluding hydrogens is 205 g/mol. The summed E-state index contributed by atoms with van der Waals surface area (Å²) in [4.78, 5) is 0. The second-order valence-corrected chi connectivity index (χ2v) is 4.40. The highest BCUT2D eigenvalue weighted by Gasteiger charge is 2.44. The van der Waals surface area contributed by atoms with E-state index < -0.39 is 0 Å². The minimum absolute atomic E-state index is 0.105. The molecule has 2 rings (SSSR count). The van der Waals surface area contributed by atoms with Crippen molar-refractivity contribution in [2.75, 3.05) is 14.2 Å². The van der Waals surface area contributed by atoms with E-state index in [1.165, 1.54) is 18.6 Å². The summed E-state index contributed by atoms with van der Waals surface area (Å²) in [5.41, 5.74) is 0.984. The molecule has 1 aromatic rings. The molecule has 0 aromatic heterocycles. The van der Waals surface area contributed by atoms with Crippen molar-refractivity contribution < 1.29 is 9.13 Å². The highest BCUT2D eigenvalue weighted by Crippen LogP contribution is 2.44. The van der Waals surface area contributed by atoms with Crippen LogP contribution in [0, 0.1) is 5.82 Å². The molecule has 1 fully saturated rings. The molecule has 1 saturated carbocycles. The van der Waals surface area contributed by atoms with E-state index >= 15 is 0 Å². The van der Waals surface area contributed by atoms with Crippen molar-refractivity contribution in [2.24, 2.45) is 0 Å². The van der Waals surface area contributed by atoms with Gasteiger partial charge in [-0.2, -0.15) is 0 Å². The number of rotatable bonds is 4. The first-order valence-electron chi connectivity index (χ1n) is 5.70. The smallest absolute Gasteiger partial charge is 0.123 e. The van der Waals surface area contributed by atoms with Gasteiger partial charge in [0.15, 0.2) is 0 Å². The summed E-state index contributed by atoms with van der Waals surface area (Å²) >= 11 is 0. The zero-order chi connectivity index (χ0) is 11.6. The van der Waals surface area contributed by atoms with Gasteiger partial charge in [0.1, 0.15) is 5.82 Å². The Morgan fingerprint density at radius 3 is 2.31 bits per heavy atom. The van der Waals surface area contributed by atoms with Gasteiger partial charge >= 0.3 is 0 Å². The minimum atomic E-state index is -0.196. The molecule has 2 nitrogen and oxygen atoms in total. The average Bonchev–Trinajstić information content (AvgIpc) is 2.25. The Balaban J connectivity index is 2.25. The van der Waals surface area contributed by atoms with E-state index in [1.54, 1.807) is 7.11 Å². The highest BCUT2D eigenvalue weighted by atomic mass is 19.1. The van der Waals surface area contributed by atoms with Gasteiger partial charge in [-0.3, -0.25) is 0 Å². The maximum Gasteiger partial charge on any atom is 0.123 e. The van der Waals surface area contributed by atoms with Crippen molar-refractivity contribution >= 4 is 0 Å². The van der Waals surface area contributed by atoms with Gasteiger partial charge in [-0.05, 0) is 44.0 Å². The number of ether oxygens (including phenoxy) is 1. The Labute approximate surface area is 95.8 Å². The Hall–Kier alpha value is -0.930. The number of nitrogens with one attached hydrogen (secondary N) is 1. The van der Waals surface area contributed by atoms with Gasteiger partial charge in [0.25, 0.3) is 0 Å². The first-order valence-corrected chi connectivity index (χ1v) is 5.70. The minimum Gasteiger partial charge on any atom is -0.376 e. The predicted molar refractivity (Wildman–Crippen MR) is 61.8 cm³/mol. The van der Waals surface area contributed by atoms with Gasteiger partial charge in [-0.1, -0.05) is 12.1 Å². The number of hydrogen-bond donors (Lipinski definition) is 1. The molecule has 1 aliphatic rings. The molecule has 1 N–H and O–H groups in total. The maximum atomic E-state index is 12.9. The molecule has 1 atom stereocenters. The van der Waals surface area contributed by atoms with Crippen molar-refractivity contribution in [3.8, 4) is 0 Å². The zero-order valence-electron chi connectivity index (χ0n) is 9.79. The molecule has 0 heterocycles. The molecule has 0 aliphatic heterocycles. The summed E-state index contributed by atoms with van der Waals surface area (Å²) < 4.78 is 18.5. The van der Waals surface area contributed by atoms with Gasteiger partial charge in [0, 0.05) is 7.11 Å². The van der Waals surface area contributed by atoms with Crippen molar-refractivity contribution in [3.05, 3.63) is 35.6 Å². The molecule has 88 valence electrons. The van der Waals surface area contributed by atoms with Crippen LogP contribution in [0.15, 0.2) is 24.3 Å². The summed E-state index contributed by atoms with van der Waals surface area (Å²) in [6.07, 6.45) is 3.33. The van der Waals surface area contributed by atoms with E-state index in [4.69, 9.17) is 4.74 Å². The van der Waals surface area contributed by atoms with E-state index in [0.29, 0.717) is 0 Å². The van der Waals surface area contributed by atoms with Crippen molar-refractivity contribution in [2.45, 2.75) is 30.9 Å². The monoisotopic (exact) mass is 223 g/mol. The third-order valence-corrected chi connectivity index (χ3v) is 3.62. The van der Waals surface area contributed by atoms with Crippen LogP contribution in [0.3, 0.4) is 0 Å². The quantitative estimate of drug-likeness (QED) is 0.847. The molecule has 0 bridgehead atoms. The van der Waals surface area contributed by atoms with Gasteiger partial charge in [0.05, 0.1) is 11.6 Å². The van der Waals surface area contributed by atoms with Gasteiger partial charge < -0.3 is 10.1 Å². The second-order valence-electron chi connectivity index (χ2n) is 4.40. The van der Waals surface area contributed by atoms with E-state index in [2.05, 4.69) is 5.32 Å². The Morgan fingerprint density at radius 1 is 1.31 bits per heavy atom. The number of halogens is 1. The van der Waals surface area contributed by atoms with E-state index in [0.717, 1.165) is 18.4 Å². The summed E-state index contributed by atoms with van der Waals surface area (Å²) in [5, 5.41) is 3.28. The molecular formula is C13H18FNO. The van der Waals surface area contributed by atoms with E-state index in [-0.39, 0.29) is 17.5 Å². The molecule has 0 radical (unpaired) electrons. The van der Waals surface area contributed by atoms with Crippen molar-refractivity contribution in [3.63, 3.8) is 0 Å². The predicted octanol–water partition coefficient (Wildman–Crippen LogP) is 2.66. The Kier molecular flexibility index (Phi) is 3.26. The number of hydrogen-bond acceptors (Lipinski definition) is 2. The fraction of sp³-hybridized carbons (Fsp3) is 0.538. The lowest BCUT2D eigenvalue weighted by molar-refractivity contribution is -0.0983. The third kappa shape index (κ3) is 1.85. The fourth-order valence-corrected chi connectivity index (χ4v) is 2.52. The summed E-state index contributed by atoms with van der Waals surface area (Å²) in [7, 11) is 3.68. The summed E-state index contributed by atoms with van der Waals surface area (Å²) in [5.74, 6) is -0.196. The van der Waals surface area contributed by atoms with Crippen molar-refractivity contribution in [1.29, 1.82) is 0 Å². The van der Waals surface area contributed by atoms with Gasteiger partial charge in [0.2, 0.25) is 0 Å². The number of likely N-dealkylation sites (N-methyl/N-ethyl adjacent to an activating group) is 1. The summed E-state index contributed by atoms with van der Waals surface area (Å²) in [6.45, 7) is 0. The van der Waals surface area contributed by atoms with Crippen LogP contribution in [0.2, 0.25) is 0 Å². The molecule has 3 heteroatoms. The molecule has 1 aromatic carbocycles. The Morgan fingerprint density at radius 2 is 1.94 bits per heavy atom. The normalized spacial score (nSPS) is 20.2. The SMILES string of the molecule is CNC(c1ccc(F)cc1)C1(OC)CCC1. The Bertz CT molecular complexity index is 340. The molecule has 16 heavy (non-hydrogen) atoms. The molecule has 1 unspecified atom stereocenters. The number of methoxy groups -OCH3 is 1. The second kappa shape index (κ2) is 4.52. The molecule has 0 amide bonds. The maximum absolute atomic E-state index is 12.9. The van der Waals surface area contributed by atoms with E-state index in [1.807, 2.05) is 19.2 Å². The standard InChI is InChI=1S/C13H18FNO/c1-15-12(13(16-2)8-3-9-13)10-4-6-11(14)7-5-10/h4-7,12,15H,3,8-9H2,1-2H3. The van der Waals surface area contributed by atoms with Crippen LogP contribution < -0.4 is 5.32 Å². The fourth-order valence-electron chi connectivity index (χ4n) is 2.52. The van der Waals surface area contributed by atoms with E-state index in [9.17, 15) is 4.39 Å². The van der Waals surface area contributed by atoms with Crippen LogP contribution >= 0.6 is 0 Å². The lowest BCUT2D eigenvalue weighted by Gasteiger charge is -2.46. The lowest BCUT2D eigenvalue weighted by atomic mass is 9.72. The first kappa shape index (κ1) is 11.6. The van der Waals surface area contributed by atoms with Crippen LogP contribution in [-0.4, -0.2) is 19.8 Å². The summed E-state index contributed by atoms with van der Waals surface area (Å²) in [6, 6.07) is 6.81. The molecule has 1 aliphatic carbocycles. The topological polar surface area (TPSA) is 21.3 Å². The lowest BCUT2D eigenvalue weighted by Crippen LogP contribution is -2.49. The highest BCUT2D eigenvalue weighted by molar-refractivity contribution is 5.24. The van der Waals surface area contributed by atoms with Gasteiger partial charge in [-0.15, -0.1) is 0 Å². The van der Waals surface area contributed by atoms with Gasteiger partial charge in [-0.25, -0.2) is 4.39 Å². The van der Waals surface area contributed by atoms with Crippen LogP contribution in [0.25, 0.3) is 0 Å².